The molecule has 2 fully saturated rings. The van der Waals surface area contributed by atoms with Crippen LogP contribution in [-0.4, -0.2) is 48.7 Å². The van der Waals surface area contributed by atoms with Crippen LogP contribution in [0.3, 0.4) is 0 Å². The van der Waals surface area contributed by atoms with E-state index in [9.17, 15) is 9.59 Å². The number of rotatable bonds is 4. The van der Waals surface area contributed by atoms with Crippen molar-refractivity contribution < 1.29 is 19.1 Å². The molecule has 2 heterocycles. The number of carbonyl (C=O) groups is 2. The molecule has 0 spiro atoms. The first-order valence-electron chi connectivity index (χ1n) is 8.67. The molecule has 5 nitrogen and oxygen atoms in total. The fraction of sp³-hybridized carbons (Fsp3) is 0.579. The largest absolute Gasteiger partial charge is 0.466 e. The van der Waals surface area contributed by atoms with Crippen molar-refractivity contribution >= 4 is 11.9 Å². The molecule has 0 aliphatic carbocycles. The van der Waals surface area contributed by atoms with Gasteiger partial charge in [-0.3, -0.25) is 9.69 Å². The van der Waals surface area contributed by atoms with Crippen LogP contribution in [-0.2, 0) is 14.3 Å². The maximum absolute atomic E-state index is 12.6. The van der Waals surface area contributed by atoms with Crippen LogP contribution in [0.25, 0.3) is 0 Å². The van der Waals surface area contributed by atoms with E-state index in [0.29, 0.717) is 30.6 Å². The lowest BCUT2D eigenvalue weighted by Crippen LogP contribution is -2.54. The molecule has 5 heteroatoms. The minimum Gasteiger partial charge on any atom is -0.466 e. The van der Waals surface area contributed by atoms with Crippen molar-refractivity contribution in [1.29, 1.82) is 0 Å². The van der Waals surface area contributed by atoms with E-state index in [1.807, 2.05) is 6.07 Å². The molecule has 2 aliphatic rings. The molecular weight excluding hydrogens is 306 g/mol. The third kappa shape index (κ3) is 3.05. The molecule has 0 saturated carbocycles. The lowest BCUT2D eigenvalue weighted by atomic mass is 9.85. The summed E-state index contributed by atoms with van der Waals surface area (Å²) in [6.07, 6.45) is 1.28. The Balaban J connectivity index is 1.82. The molecule has 130 valence electrons. The zero-order valence-corrected chi connectivity index (χ0v) is 14.5. The van der Waals surface area contributed by atoms with Gasteiger partial charge in [0.15, 0.2) is 0 Å². The first-order valence-corrected chi connectivity index (χ1v) is 8.67. The third-order valence-electron chi connectivity index (χ3n) is 5.37. The van der Waals surface area contributed by atoms with Crippen molar-refractivity contribution in [2.75, 3.05) is 13.7 Å². The van der Waals surface area contributed by atoms with Crippen LogP contribution in [0.1, 0.15) is 37.0 Å². The summed E-state index contributed by atoms with van der Waals surface area (Å²) in [5.41, 5.74) is 0.513. The zero-order valence-electron chi connectivity index (χ0n) is 14.5. The van der Waals surface area contributed by atoms with Crippen molar-refractivity contribution in [3.05, 3.63) is 35.9 Å². The van der Waals surface area contributed by atoms with Crippen LogP contribution in [0.2, 0.25) is 0 Å². The molecule has 2 bridgehead atoms. The maximum Gasteiger partial charge on any atom is 0.338 e. The van der Waals surface area contributed by atoms with Crippen molar-refractivity contribution in [2.24, 2.45) is 11.8 Å². The second kappa shape index (κ2) is 6.93. The fourth-order valence-electron chi connectivity index (χ4n) is 4.32. The summed E-state index contributed by atoms with van der Waals surface area (Å²) in [6, 6.07) is 9.34. The highest BCUT2D eigenvalue weighted by molar-refractivity contribution is 5.89. The van der Waals surface area contributed by atoms with Gasteiger partial charge in [0.1, 0.15) is 12.0 Å². The summed E-state index contributed by atoms with van der Waals surface area (Å²) < 4.78 is 11.1. The monoisotopic (exact) mass is 331 g/mol. The molecule has 24 heavy (non-hydrogen) atoms. The van der Waals surface area contributed by atoms with Gasteiger partial charge in [-0.15, -0.1) is 0 Å². The van der Waals surface area contributed by atoms with E-state index in [2.05, 4.69) is 18.9 Å². The van der Waals surface area contributed by atoms with E-state index in [1.165, 1.54) is 0 Å². The molecule has 1 aromatic carbocycles. The van der Waals surface area contributed by atoms with Crippen molar-refractivity contribution in [1.82, 2.24) is 4.90 Å². The minimum atomic E-state index is -0.423. The molecule has 0 aromatic heterocycles. The van der Waals surface area contributed by atoms with E-state index in [0.717, 1.165) is 6.42 Å². The van der Waals surface area contributed by atoms with Crippen LogP contribution in [0.4, 0.5) is 0 Å². The molecule has 1 aromatic rings. The Hall–Kier alpha value is -1.88. The topological polar surface area (TPSA) is 55.8 Å². The highest BCUT2D eigenvalue weighted by Crippen LogP contribution is 2.43. The first kappa shape index (κ1) is 17.0. The Morgan fingerprint density at radius 2 is 1.92 bits per heavy atom. The van der Waals surface area contributed by atoms with Gasteiger partial charge in [-0.1, -0.05) is 25.1 Å². The number of nitrogens with zero attached hydrogens (tertiary/aromatic N) is 1. The predicted molar refractivity (Wildman–Crippen MR) is 89.5 cm³/mol. The van der Waals surface area contributed by atoms with Crippen molar-refractivity contribution in [3.8, 4) is 0 Å². The highest BCUT2D eigenvalue weighted by Gasteiger charge is 2.54. The number of benzene rings is 1. The maximum atomic E-state index is 12.6. The first-order chi connectivity index (χ1) is 11.5. The smallest absolute Gasteiger partial charge is 0.338 e. The minimum absolute atomic E-state index is 0.0661. The van der Waals surface area contributed by atoms with Gasteiger partial charge in [-0.2, -0.15) is 0 Å². The van der Waals surface area contributed by atoms with Crippen LogP contribution in [0.15, 0.2) is 30.3 Å². The van der Waals surface area contributed by atoms with Gasteiger partial charge in [0.2, 0.25) is 0 Å². The SMILES string of the molecule is CCOC(=O)C1C(OC(=O)c2ccccc2)CC2CC(C)C1N2C. The van der Waals surface area contributed by atoms with Crippen molar-refractivity contribution in [3.63, 3.8) is 0 Å². The standard InChI is InChI=1S/C19H25NO4/c1-4-23-19(22)16-15(11-14-10-12(2)17(16)20(14)3)24-18(21)13-8-6-5-7-9-13/h5-9,12,14-17H,4,10-11H2,1-3H3. The van der Waals surface area contributed by atoms with Gasteiger partial charge in [-0.05, 0) is 38.4 Å². The molecule has 5 atom stereocenters. The Bertz CT molecular complexity index is 603. The molecule has 2 aliphatic heterocycles. The fourth-order valence-corrected chi connectivity index (χ4v) is 4.32. The molecule has 0 radical (unpaired) electrons. The second-order valence-corrected chi connectivity index (χ2v) is 6.85. The highest BCUT2D eigenvalue weighted by atomic mass is 16.6. The van der Waals surface area contributed by atoms with E-state index in [4.69, 9.17) is 9.47 Å². The van der Waals surface area contributed by atoms with Gasteiger partial charge in [0, 0.05) is 18.5 Å². The Labute approximate surface area is 142 Å². The zero-order chi connectivity index (χ0) is 17.3. The van der Waals surface area contributed by atoms with Crippen LogP contribution in [0.5, 0.6) is 0 Å². The lowest BCUT2D eigenvalue weighted by molar-refractivity contribution is -0.159. The molecule has 0 amide bonds. The second-order valence-electron chi connectivity index (χ2n) is 6.85. The average molecular weight is 331 g/mol. The number of carbonyl (C=O) groups excluding carboxylic acids is 2. The van der Waals surface area contributed by atoms with Gasteiger partial charge >= 0.3 is 11.9 Å². The summed E-state index contributed by atoms with van der Waals surface area (Å²) in [4.78, 5) is 27.3. The van der Waals surface area contributed by atoms with Gasteiger partial charge in [0.05, 0.1) is 12.2 Å². The number of hydrogen-bond acceptors (Lipinski definition) is 5. The van der Waals surface area contributed by atoms with E-state index in [1.54, 1.807) is 31.2 Å². The molecule has 2 saturated heterocycles. The van der Waals surface area contributed by atoms with E-state index >= 15 is 0 Å². The summed E-state index contributed by atoms with van der Waals surface area (Å²) in [5, 5.41) is 0. The number of fused-ring (bicyclic) bond motifs is 2. The molecule has 3 rings (SSSR count). The van der Waals surface area contributed by atoms with Crippen molar-refractivity contribution in [2.45, 2.75) is 44.9 Å². The molecular formula is C19H25NO4. The van der Waals surface area contributed by atoms with E-state index < -0.39 is 12.0 Å². The number of hydrogen-bond donors (Lipinski definition) is 0. The van der Waals surface area contributed by atoms with Crippen LogP contribution < -0.4 is 0 Å². The summed E-state index contributed by atoms with van der Waals surface area (Å²) in [6.45, 7) is 4.30. The summed E-state index contributed by atoms with van der Waals surface area (Å²) >= 11 is 0. The normalized spacial score (nSPS) is 32.4. The Morgan fingerprint density at radius 3 is 2.58 bits per heavy atom. The Morgan fingerprint density at radius 1 is 1.21 bits per heavy atom. The summed E-state index contributed by atoms with van der Waals surface area (Å²) in [5.74, 6) is -0.662. The Kier molecular flexibility index (Phi) is 4.90. The quantitative estimate of drug-likeness (QED) is 0.794. The van der Waals surface area contributed by atoms with Gasteiger partial charge < -0.3 is 9.47 Å². The molecule has 0 N–H and O–H groups in total. The number of esters is 2. The average Bonchev–Trinajstić information content (AvgIpc) is 2.75. The molecule has 5 unspecified atom stereocenters. The van der Waals surface area contributed by atoms with Gasteiger partial charge in [-0.25, -0.2) is 4.79 Å². The lowest BCUT2D eigenvalue weighted by Gasteiger charge is -2.41. The number of piperidine rings is 1. The number of ether oxygens (including phenoxy) is 2. The summed E-state index contributed by atoms with van der Waals surface area (Å²) in [7, 11) is 2.06. The van der Waals surface area contributed by atoms with Gasteiger partial charge in [0.25, 0.3) is 0 Å². The predicted octanol–water partition coefficient (Wildman–Crippen LogP) is 2.50. The van der Waals surface area contributed by atoms with Crippen LogP contribution in [0, 0.1) is 11.8 Å². The third-order valence-corrected chi connectivity index (χ3v) is 5.37. The van der Waals surface area contributed by atoms with Crippen LogP contribution >= 0.6 is 0 Å². The van der Waals surface area contributed by atoms with E-state index in [-0.39, 0.29) is 18.0 Å².